The number of aromatic nitrogens is 1. The number of ether oxygens (including phenoxy) is 2. The van der Waals surface area contributed by atoms with Crippen molar-refractivity contribution in [1.82, 2.24) is 4.98 Å². The largest absolute Gasteiger partial charge is 0.493 e. The summed E-state index contributed by atoms with van der Waals surface area (Å²) in [6.07, 6.45) is -3.82. The number of carboxylic acids is 1. The lowest BCUT2D eigenvalue weighted by Crippen LogP contribution is -2.24. The molecule has 2 heterocycles. The van der Waals surface area contributed by atoms with Crippen LogP contribution < -0.4 is 4.74 Å². The average molecular weight is 520 g/mol. The van der Waals surface area contributed by atoms with Gasteiger partial charge in [-0.2, -0.15) is 13.2 Å². The van der Waals surface area contributed by atoms with Crippen molar-refractivity contribution < 1.29 is 37.0 Å². The standard InChI is InChI=1S/C26H24F3NO5S/c1-15-20(30-24(35-15)16-5-8-18(9-6-16)26(27,28)29)4-3-12-34-21-10-7-17(14-22(33-2)25(31)32)23-19(21)11-13-36-23/h5-11,13,22H,3-4,12,14H2,1-2H3,(H,31,32). The topological polar surface area (TPSA) is 81.8 Å². The van der Waals surface area contributed by atoms with Crippen LogP contribution >= 0.6 is 11.3 Å². The number of rotatable bonds is 10. The second kappa shape index (κ2) is 10.7. The number of carbonyl (C=O) groups is 1. The van der Waals surface area contributed by atoms with Crippen LogP contribution in [0.3, 0.4) is 0 Å². The van der Waals surface area contributed by atoms with Crippen molar-refractivity contribution in [3.8, 4) is 17.2 Å². The quantitative estimate of drug-likeness (QED) is 0.240. The fourth-order valence-corrected chi connectivity index (χ4v) is 4.80. The van der Waals surface area contributed by atoms with Crippen LogP contribution in [0.5, 0.6) is 5.75 Å². The molecule has 0 amide bonds. The first kappa shape index (κ1) is 25.7. The van der Waals surface area contributed by atoms with Gasteiger partial charge in [0.05, 0.1) is 17.9 Å². The zero-order chi connectivity index (χ0) is 25.9. The minimum atomic E-state index is -4.39. The Morgan fingerprint density at radius 1 is 1.17 bits per heavy atom. The van der Waals surface area contributed by atoms with E-state index in [1.807, 2.05) is 23.6 Å². The van der Waals surface area contributed by atoms with Gasteiger partial charge in [0.2, 0.25) is 5.89 Å². The van der Waals surface area contributed by atoms with Gasteiger partial charge in [-0.1, -0.05) is 6.07 Å². The fraction of sp³-hybridized carbons (Fsp3) is 0.308. The van der Waals surface area contributed by atoms with Gasteiger partial charge in [-0.25, -0.2) is 9.78 Å². The number of hydrogen-bond donors (Lipinski definition) is 1. The Morgan fingerprint density at radius 2 is 1.92 bits per heavy atom. The predicted molar refractivity (Wildman–Crippen MR) is 129 cm³/mol. The van der Waals surface area contributed by atoms with Crippen LogP contribution in [0.25, 0.3) is 21.5 Å². The molecule has 190 valence electrons. The number of halogens is 3. The summed E-state index contributed by atoms with van der Waals surface area (Å²) in [7, 11) is 1.38. The van der Waals surface area contributed by atoms with Crippen molar-refractivity contribution in [3.05, 3.63) is 70.4 Å². The molecule has 0 bridgehead atoms. The van der Waals surface area contributed by atoms with Crippen LogP contribution in [-0.2, 0) is 28.5 Å². The smallest absolute Gasteiger partial charge is 0.416 e. The van der Waals surface area contributed by atoms with E-state index in [-0.39, 0.29) is 12.3 Å². The number of oxazole rings is 1. The first-order valence-corrected chi connectivity index (χ1v) is 12.1. The molecule has 0 aliphatic heterocycles. The summed E-state index contributed by atoms with van der Waals surface area (Å²) in [5.74, 6) is 0.595. The first-order chi connectivity index (χ1) is 17.2. The molecule has 1 atom stereocenters. The summed E-state index contributed by atoms with van der Waals surface area (Å²) >= 11 is 1.52. The van der Waals surface area contributed by atoms with Gasteiger partial charge in [0, 0.05) is 29.2 Å². The molecule has 10 heteroatoms. The third-order valence-corrected chi connectivity index (χ3v) is 6.78. The summed E-state index contributed by atoms with van der Waals surface area (Å²) in [4.78, 5) is 15.8. The average Bonchev–Trinajstić information content (AvgIpc) is 3.48. The molecule has 0 aliphatic carbocycles. The van der Waals surface area contributed by atoms with Crippen molar-refractivity contribution in [2.45, 2.75) is 38.5 Å². The van der Waals surface area contributed by atoms with Gasteiger partial charge in [-0.3, -0.25) is 0 Å². The molecule has 1 N–H and O–H groups in total. The maximum absolute atomic E-state index is 12.8. The van der Waals surface area contributed by atoms with Crippen molar-refractivity contribution in [1.29, 1.82) is 0 Å². The Hall–Kier alpha value is -3.37. The SMILES string of the molecule is COC(Cc1ccc(OCCCc2nc(-c3ccc(C(F)(F)F)cc3)oc2C)c2ccsc12)C(=O)O. The molecule has 0 saturated carbocycles. The van der Waals surface area contributed by atoms with Crippen LogP contribution in [0.2, 0.25) is 0 Å². The van der Waals surface area contributed by atoms with Crippen molar-refractivity contribution in [3.63, 3.8) is 0 Å². The lowest BCUT2D eigenvalue weighted by Gasteiger charge is -2.13. The lowest BCUT2D eigenvalue weighted by atomic mass is 10.1. The maximum atomic E-state index is 12.8. The molecular formula is C26H24F3NO5S. The number of aryl methyl sites for hydroxylation is 2. The van der Waals surface area contributed by atoms with Gasteiger partial charge in [-0.15, -0.1) is 11.3 Å². The van der Waals surface area contributed by atoms with E-state index in [0.717, 1.165) is 33.5 Å². The monoisotopic (exact) mass is 519 g/mol. The highest BCUT2D eigenvalue weighted by Crippen LogP contribution is 2.34. The summed E-state index contributed by atoms with van der Waals surface area (Å²) in [5, 5.41) is 12.1. The van der Waals surface area contributed by atoms with E-state index in [1.54, 1.807) is 6.92 Å². The lowest BCUT2D eigenvalue weighted by molar-refractivity contribution is -0.148. The highest BCUT2D eigenvalue weighted by molar-refractivity contribution is 7.17. The third kappa shape index (κ3) is 5.71. The molecule has 4 aromatic rings. The number of thiophene rings is 1. The fourth-order valence-electron chi connectivity index (χ4n) is 3.86. The minimum Gasteiger partial charge on any atom is -0.493 e. The summed E-state index contributed by atoms with van der Waals surface area (Å²) in [5.41, 5.74) is 1.37. The number of fused-ring (bicyclic) bond motifs is 1. The highest BCUT2D eigenvalue weighted by atomic mass is 32.1. The molecule has 0 radical (unpaired) electrons. The summed E-state index contributed by atoms with van der Waals surface area (Å²) in [6, 6.07) is 10.4. The number of carboxylic acid groups (broad SMARTS) is 1. The van der Waals surface area contributed by atoms with Gasteiger partial charge in [-0.05, 0) is 67.1 Å². The van der Waals surface area contributed by atoms with Crippen LogP contribution in [-0.4, -0.2) is 35.9 Å². The van der Waals surface area contributed by atoms with Gasteiger partial charge in [0.15, 0.2) is 6.10 Å². The van der Waals surface area contributed by atoms with E-state index in [1.165, 1.54) is 30.6 Å². The molecule has 2 aromatic heterocycles. The minimum absolute atomic E-state index is 0.260. The second-order valence-electron chi connectivity index (χ2n) is 8.20. The maximum Gasteiger partial charge on any atom is 0.416 e. The Labute approximate surface area is 209 Å². The number of benzene rings is 2. The Kier molecular flexibility index (Phi) is 7.65. The molecule has 6 nitrogen and oxygen atoms in total. The van der Waals surface area contributed by atoms with Gasteiger partial charge < -0.3 is 19.0 Å². The number of alkyl halides is 3. The number of hydrogen-bond acceptors (Lipinski definition) is 6. The van der Waals surface area contributed by atoms with E-state index < -0.39 is 23.8 Å². The molecular weight excluding hydrogens is 495 g/mol. The van der Waals surface area contributed by atoms with Crippen LogP contribution in [0.15, 0.2) is 52.3 Å². The number of nitrogens with zero attached hydrogens (tertiary/aromatic N) is 1. The molecule has 0 spiro atoms. The van der Waals surface area contributed by atoms with E-state index >= 15 is 0 Å². The van der Waals surface area contributed by atoms with Crippen molar-refractivity contribution in [2.24, 2.45) is 0 Å². The zero-order valence-corrected chi connectivity index (χ0v) is 20.4. The molecule has 0 fully saturated rings. The van der Waals surface area contributed by atoms with E-state index in [9.17, 15) is 23.1 Å². The predicted octanol–water partition coefficient (Wildman–Crippen LogP) is 6.54. The van der Waals surface area contributed by atoms with Gasteiger partial charge in [0.25, 0.3) is 0 Å². The molecule has 1 unspecified atom stereocenters. The molecule has 4 rings (SSSR count). The number of aliphatic carboxylic acids is 1. The Morgan fingerprint density at radius 3 is 2.58 bits per heavy atom. The summed E-state index contributed by atoms with van der Waals surface area (Å²) in [6.45, 7) is 2.19. The van der Waals surface area contributed by atoms with Crippen molar-refractivity contribution >= 4 is 27.4 Å². The van der Waals surface area contributed by atoms with Crippen LogP contribution in [0.4, 0.5) is 13.2 Å². The summed E-state index contributed by atoms with van der Waals surface area (Å²) < 4.78 is 56.1. The highest BCUT2D eigenvalue weighted by Gasteiger charge is 2.30. The molecule has 0 aliphatic rings. The molecule has 0 saturated heterocycles. The van der Waals surface area contributed by atoms with Gasteiger partial charge >= 0.3 is 12.1 Å². The van der Waals surface area contributed by atoms with E-state index in [4.69, 9.17) is 13.9 Å². The van der Waals surface area contributed by atoms with E-state index in [0.29, 0.717) is 36.5 Å². The number of methoxy groups -OCH3 is 1. The van der Waals surface area contributed by atoms with Crippen LogP contribution in [0.1, 0.15) is 29.0 Å². The Bertz CT molecular complexity index is 1340. The second-order valence-corrected chi connectivity index (χ2v) is 9.12. The van der Waals surface area contributed by atoms with Crippen molar-refractivity contribution in [2.75, 3.05) is 13.7 Å². The Balaban J connectivity index is 1.37. The third-order valence-electron chi connectivity index (χ3n) is 5.79. The van der Waals surface area contributed by atoms with E-state index in [2.05, 4.69) is 4.98 Å². The van der Waals surface area contributed by atoms with Gasteiger partial charge in [0.1, 0.15) is 11.5 Å². The molecule has 2 aromatic carbocycles. The normalized spacial score (nSPS) is 12.7. The first-order valence-electron chi connectivity index (χ1n) is 11.2. The molecule has 36 heavy (non-hydrogen) atoms. The van der Waals surface area contributed by atoms with Crippen LogP contribution in [0, 0.1) is 6.92 Å². The zero-order valence-electron chi connectivity index (χ0n) is 19.6.